The monoisotopic (exact) mass is 356 g/mol. The number of carbonyl (C=O) groups is 2. The van der Waals surface area contributed by atoms with E-state index in [0.29, 0.717) is 30.9 Å². The third-order valence-electron chi connectivity index (χ3n) is 5.22. The molecule has 1 amide bonds. The van der Waals surface area contributed by atoms with Gasteiger partial charge in [-0.1, -0.05) is 0 Å². The molecular formula is C19H21FN4O2. The normalized spacial score (nSPS) is 19.9. The fourth-order valence-electron chi connectivity index (χ4n) is 3.78. The molecule has 1 atom stereocenters. The summed E-state index contributed by atoms with van der Waals surface area (Å²) in [6.07, 6.45) is 2.34. The number of Topliss-reactive ketones (excluding diaryl/α,β-unsaturated/α-hetero) is 1. The van der Waals surface area contributed by atoms with E-state index in [2.05, 4.69) is 15.5 Å². The van der Waals surface area contributed by atoms with Crippen molar-refractivity contribution in [2.24, 2.45) is 5.92 Å². The zero-order valence-corrected chi connectivity index (χ0v) is 14.4. The van der Waals surface area contributed by atoms with Gasteiger partial charge in [0.1, 0.15) is 5.82 Å². The number of aromatic amines is 1. The van der Waals surface area contributed by atoms with E-state index in [0.717, 1.165) is 37.1 Å². The number of nitrogens with one attached hydrogen (secondary N) is 2. The van der Waals surface area contributed by atoms with Crippen molar-refractivity contribution in [2.45, 2.75) is 25.8 Å². The van der Waals surface area contributed by atoms with Crippen LogP contribution in [0.15, 0.2) is 24.3 Å². The zero-order chi connectivity index (χ0) is 18.1. The standard InChI is InChI=1S/C19H21FN4O2/c20-14-5-3-12(4-6-14)18(25)13-2-1-9-24(11-13)19(26)17-15-10-21-8-7-16(15)22-23-17/h3-6,13,21H,1-2,7-11H2,(H,22,23). The highest BCUT2D eigenvalue weighted by Gasteiger charge is 2.32. The molecule has 0 spiro atoms. The Bertz CT molecular complexity index is 831. The van der Waals surface area contributed by atoms with Gasteiger partial charge in [-0.25, -0.2) is 4.39 Å². The van der Waals surface area contributed by atoms with Gasteiger partial charge < -0.3 is 10.2 Å². The number of nitrogens with zero attached hydrogens (tertiary/aromatic N) is 2. The van der Waals surface area contributed by atoms with Crippen molar-refractivity contribution in [3.8, 4) is 0 Å². The van der Waals surface area contributed by atoms with Gasteiger partial charge in [0.25, 0.3) is 5.91 Å². The Morgan fingerprint density at radius 3 is 2.85 bits per heavy atom. The Kier molecular flexibility index (Phi) is 4.55. The Labute approximate surface area is 150 Å². The SMILES string of the molecule is O=C(c1ccc(F)cc1)C1CCCN(C(=O)c2n[nH]c3c2CNCC3)C1. The average Bonchev–Trinajstić information content (AvgIpc) is 3.12. The molecule has 7 heteroatoms. The second-order valence-electron chi connectivity index (χ2n) is 6.92. The summed E-state index contributed by atoms with van der Waals surface area (Å²) in [5.74, 6) is -0.777. The molecule has 1 aromatic carbocycles. The quantitative estimate of drug-likeness (QED) is 0.824. The maximum absolute atomic E-state index is 13.1. The molecule has 6 nitrogen and oxygen atoms in total. The van der Waals surface area contributed by atoms with E-state index < -0.39 is 0 Å². The van der Waals surface area contributed by atoms with Crippen molar-refractivity contribution >= 4 is 11.7 Å². The summed E-state index contributed by atoms with van der Waals surface area (Å²) in [5, 5.41) is 10.5. The van der Waals surface area contributed by atoms with E-state index >= 15 is 0 Å². The van der Waals surface area contributed by atoms with Crippen molar-refractivity contribution < 1.29 is 14.0 Å². The molecule has 136 valence electrons. The number of ketones is 1. The van der Waals surface area contributed by atoms with E-state index in [4.69, 9.17) is 0 Å². The predicted molar refractivity (Wildman–Crippen MR) is 93.4 cm³/mol. The van der Waals surface area contributed by atoms with Gasteiger partial charge in [0.15, 0.2) is 11.5 Å². The highest BCUT2D eigenvalue weighted by atomic mass is 19.1. The van der Waals surface area contributed by atoms with Crippen LogP contribution in [0, 0.1) is 11.7 Å². The minimum Gasteiger partial charge on any atom is -0.337 e. The number of hydrogen-bond acceptors (Lipinski definition) is 4. The molecule has 2 aliphatic heterocycles. The van der Waals surface area contributed by atoms with Crippen LogP contribution in [-0.4, -0.2) is 46.4 Å². The fraction of sp³-hybridized carbons (Fsp3) is 0.421. The van der Waals surface area contributed by atoms with Gasteiger partial charge in [0.05, 0.1) is 0 Å². The number of fused-ring (bicyclic) bond motifs is 1. The molecule has 4 rings (SSSR count). The van der Waals surface area contributed by atoms with Crippen LogP contribution in [0.25, 0.3) is 0 Å². The molecule has 0 bridgehead atoms. The summed E-state index contributed by atoms with van der Waals surface area (Å²) in [6.45, 7) is 2.52. The smallest absolute Gasteiger partial charge is 0.274 e. The van der Waals surface area contributed by atoms with Crippen molar-refractivity contribution in [1.29, 1.82) is 0 Å². The lowest BCUT2D eigenvalue weighted by Gasteiger charge is -2.32. The number of rotatable bonds is 3. The number of amides is 1. The van der Waals surface area contributed by atoms with Crippen LogP contribution >= 0.6 is 0 Å². The average molecular weight is 356 g/mol. The first kappa shape index (κ1) is 16.9. The lowest BCUT2D eigenvalue weighted by atomic mass is 9.89. The number of carbonyl (C=O) groups excluding carboxylic acids is 2. The molecule has 1 unspecified atom stereocenters. The number of piperidine rings is 1. The lowest BCUT2D eigenvalue weighted by molar-refractivity contribution is 0.0631. The Hall–Kier alpha value is -2.54. The largest absolute Gasteiger partial charge is 0.337 e. The molecular weight excluding hydrogens is 335 g/mol. The van der Waals surface area contributed by atoms with Crippen LogP contribution in [0.2, 0.25) is 0 Å². The molecule has 2 aliphatic rings. The van der Waals surface area contributed by atoms with Gasteiger partial charge in [-0.3, -0.25) is 14.7 Å². The molecule has 3 heterocycles. The van der Waals surface area contributed by atoms with E-state index in [1.54, 1.807) is 4.90 Å². The van der Waals surface area contributed by atoms with E-state index in [1.807, 2.05) is 0 Å². The molecule has 0 radical (unpaired) electrons. The van der Waals surface area contributed by atoms with Crippen molar-refractivity contribution in [1.82, 2.24) is 20.4 Å². The zero-order valence-electron chi connectivity index (χ0n) is 14.4. The Morgan fingerprint density at radius 1 is 1.23 bits per heavy atom. The molecule has 2 N–H and O–H groups in total. The van der Waals surface area contributed by atoms with Gasteiger partial charge in [0.2, 0.25) is 0 Å². The predicted octanol–water partition coefficient (Wildman–Crippen LogP) is 1.93. The van der Waals surface area contributed by atoms with Gasteiger partial charge in [0, 0.05) is 55.3 Å². The van der Waals surface area contributed by atoms with E-state index in [9.17, 15) is 14.0 Å². The van der Waals surface area contributed by atoms with Gasteiger partial charge >= 0.3 is 0 Å². The number of halogens is 1. The van der Waals surface area contributed by atoms with Crippen LogP contribution in [0.1, 0.15) is 44.9 Å². The van der Waals surface area contributed by atoms with Gasteiger partial charge in [-0.05, 0) is 37.1 Å². The molecule has 1 saturated heterocycles. The maximum Gasteiger partial charge on any atom is 0.274 e. The number of likely N-dealkylation sites (tertiary alicyclic amines) is 1. The van der Waals surface area contributed by atoms with Crippen molar-refractivity contribution in [3.63, 3.8) is 0 Å². The van der Waals surface area contributed by atoms with Crippen LogP contribution in [0.3, 0.4) is 0 Å². The van der Waals surface area contributed by atoms with Gasteiger partial charge in [-0.2, -0.15) is 5.10 Å². The maximum atomic E-state index is 13.1. The number of aromatic nitrogens is 2. The summed E-state index contributed by atoms with van der Waals surface area (Å²) >= 11 is 0. The number of hydrogen-bond donors (Lipinski definition) is 2. The van der Waals surface area contributed by atoms with Crippen LogP contribution < -0.4 is 5.32 Å². The molecule has 0 aliphatic carbocycles. The highest BCUT2D eigenvalue weighted by Crippen LogP contribution is 2.24. The summed E-state index contributed by atoms with van der Waals surface area (Å²) < 4.78 is 13.1. The first-order chi connectivity index (χ1) is 12.6. The lowest BCUT2D eigenvalue weighted by Crippen LogP contribution is -2.43. The topological polar surface area (TPSA) is 78.1 Å². The minimum atomic E-state index is -0.362. The second-order valence-corrected chi connectivity index (χ2v) is 6.92. The first-order valence-corrected chi connectivity index (χ1v) is 8.99. The van der Waals surface area contributed by atoms with Gasteiger partial charge in [-0.15, -0.1) is 0 Å². The molecule has 1 fully saturated rings. The van der Waals surface area contributed by atoms with E-state index in [-0.39, 0.29) is 23.4 Å². The summed E-state index contributed by atoms with van der Waals surface area (Å²) in [7, 11) is 0. The molecule has 2 aromatic rings. The highest BCUT2D eigenvalue weighted by molar-refractivity contribution is 5.99. The number of H-pyrrole nitrogens is 1. The number of benzene rings is 1. The van der Waals surface area contributed by atoms with Crippen LogP contribution in [-0.2, 0) is 13.0 Å². The Balaban J connectivity index is 1.49. The first-order valence-electron chi connectivity index (χ1n) is 8.99. The van der Waals surface area contributed by atoms with Crippen molar-refractivity contribution in [2.75, 3.05) is 19.6 Å². The second kappa shape index (κ2) is 6.99. The molecule has 26 heavy (non-hydrogen) atoms. The third kappa shape index (κ3) is 3.14. The fourth-order valence-corrected chi connectivity index (χ4v) is 3.78. The minimum absolute atomic E-state index is 0.0341. The van der Waals surface area contributed by atoms with Crippen LogP contribution in [0.4, 0.5) is 4.39 Å². The van der Waals surface area contributed by atoms with Crippen molar-refractivity contribution in [3.05, 3.63) is 52.6 Å². The summed E-state index contributed by atoms with van der Waals surface area (Å²) in [5.41, 5.74) is 2.91. The molecule has 1 aromatic heterocycles. The summed E-state index contributed by atoms with van der Waals surface area (Å²) in [4.78, 5) is 27.4. The third-order valence-corrected chi connectivity index (χ3v) is 5.22. The van der Waals surface area contributed by atoms with Crippen LogP contribution in [0.5, 0.6) is 0 Å². The molecule has 0 saturated carbocycles. The van der Waals surface area contributed by atoms with E-state index in [1.165, 1.54) is 24.3 Å². The Morgan fingerprint density at radius 2 is 2.04 bits per heavy atom. The summed E-state index contributed by atoms with van der Waals surface area (Å²) in [6, 6.07) is 5.60.